The third-order valence-electron chi connectivity index (χ3n) is 8.55. The van der Waals surface area contributed by atoms with Gasteiger partial charge in [0.25, 0.3) is 11.8 Å². The Morgan fingerprint density at radius 1 is 1.09 bits per heavy atom. The summed E-state index contributed by atoms with van der Waals surface area (Å²) in [5.41, 5.74) is 6.38. The Kier molecular flexibility index (Phi) is 9.78. The summed E-state index contributed by atoms with van der Waals surface area (Å²) in [6.07, 6.45) is 2.35. The Morgan fingerprint density at radius 3 is 2.66 bits per heavy atom. The van der Waals surface area contributed by atoms with Gasteiger partial charge in [0.15, 0.2) is 6.61 Å². The molecule has 0 spiro atoms. The van der Waals surface area contributed by atoms with Crippen LogP contribution in [0.25, 0.3) is 10.9 Å². The molecule has 1 unspecified atom stereocenters. The lowest BCUT2D eigenvalue weighted by atomic mass is 9.75. The molecule has 0 saturated carbocycles. The summed E-state index contributed by atoms with van der Waals surface area (Å²) in [6, 6.07) is 14.7. The number of methoxy groups -OCH3 is 1. The number of likely N-dealkylation sites (tertiary alicyclic amines) is 1. The largest absolute Gasteiger partial charge is 0.484 e. The van der Waals surface area contributed by atoms with Crippen molar-refractivity contribution in [1.29, 1.82) is 0 Å². The third-order valence-corrected chi connectivity index (χ3v) is 8.55. The van der Waals surface area contributed by atoms with Gasteiger partial charge in [-0.2, -0.15) is 5.10 Å². The molecule has 1 aromatic heterocycles. The van der Waals surface area contributed by atoms with E-state index in [1.54, 1.807) is 22.8 Å². The topological polar surface area (TPSA) is 158 Å². The standard InChI is InChI=1S/C32H40N6O6/c1-43-17-5-12-32(31(42)37-14-10-23(11-15-37)29(33)40)19-22-6-4-7-24(18-22)44-20-27(39)34-13-16-38-28(30(41)35-21-32)25-8-2-3-9-26(25)36-38/h2-4,6-9,18,23H,5,10-17,19-21H2,1H3,(H2,33,40)(H,34,39)(H,35,41). The van der Waals surface area contributed by atoms with Gasteiger partial charge >= 0.3 is 0 Å². The number of hydrogen-bond donors (Lipinski definition) is 3. The van der Waals surface area contributed by atoms with Crippen molar-refractivity contribution >= 4 is 34.5 Å². The first-order valence-electron chi connectivity index (χ1n) is 15.1. The number of benzene rings is 2. The molecule has 4 N–H and O–H groups in total. The number of rotatable bonds is 6. The minimum atomic E-state index is -1.03. The van der Waals surface area contributed by atoms with Crippen LogP contribution >= 0.6 is 0 Å². The first-order chi connectivity index (χ1) is 21.3. The molecule has 0 radical (unpaired) electrons. The van der Waals surface area contributed by atoms with Crippen molar-refractivity contribution in [3.8, 4) is 5.75 Å². The van der Waals surface area contributed by atoms with Gasteiger partial charge < -0.3 is 30.7 Å². The number of amides is 4. The lowest BCUT2D eigenvalue weighted by Gasteiger charge is -2.40. The molecule has 2 bridgehead atoms. The van der Waals surface area contributed by atoms with Crippen molar-refractivity contribution in [2.75, 3.05) is 46.5 Å². The van der Waals surface area contributed by atoms with E-state index in [0.29, 0.717) is 74.1 Å². The SMILES string of the molecule is COCCCC1(C(=O)N2CCC(C(N)=O)CC2)CNC(=O)c2c3ccccc3nn2CCNC(=O)COc2cccc(c2)C1. The molecule has 44 heavy (non-hydrogen) atoms. The van der Waals surface area contributed by atoms with E-state index in [0.717, 1.165) is 5.56 Å². The fourth-order valence-corrected chi connectivity index (χ4v) is 6.21. The van der Waals surface area contributed by atoms with Crippen LogP contribution < -0.4 is 21.1 Å². The number of piperidine rings is 1. The molecule has 234 valence electrons. The second-order valence-electron chi connectivity index (χ2n) is 11.6. The summed E-state index contributed by atoms with van der Waals surface area (Å²) in [5.74, 6) is -0.853. The zero-order valence-electron chi connectivity index (χ0n) is 25.0. The number of aromatic nitrogens is 2. The molecule has 12 nitrogen and oxygen atoms in total. The summed E-state index contributed by atoms with van der Waals surface area (Å²) in [5, 5.41) is 11.2. The van der Waals surface area contributed by atoms with Gasteiger partial charge in [-0.1, -0.05) is 30.3 Å². The molecule has 1 atom stereocenters. The minimum absolute atomic E-state index is 0.0749. The van der Waals surface area contributed by atoms with Gasteiger partial charge in [-0.15, -0.1) is 0 Å². The maximum atomic E-state index is 14.6. The normalized spacial score (nSPS) is 20.3. The molecule has 1 saturated heterocycles. The number of hydrogen-bond acceptors (Lipinski definition) is 7. The lowest BCUT2D eigenvalue weighted by molar-refractivity contribution is -0.145. The van der Waals surface area contributed by atoms with Crippen molar-refractivity contribution in [3.05, 3.63) is 59.8 Å². The highest BCUT2D eigenvalue weighted by Gasteiger charge is 2.43. The van der Waals surface area contributed by atoms with E-state index in [4.69, 9.17) is 15.2 Å². The van der Waals surface area contributed by atoms with Gasteiger partial charge in [-0.25, -0.2) is 0 Å². The van der Waals surface area contributed by atoms with E-state index < -0.39 is 5.41 Å². The van der Waals surface area contributed by atoms with E-state index in [9.17, 15) is 19.2 Å². The van der Waals surface area contributed by atoms with Gasteiger partial charge in [-0.05, 0) is 55.9 Å². The number of primary amides is 1. The van der Waals surface area contributed by atoms with Gasteiger partial charge in [-0.3, -0.25) is 23.9 Å². The molecule has 2 aliphatic heterocycles. The first kappa shape index (κ1) is 31.0. The Bertz CT molecular complexity index is 1510. The summed E-state index contributed by atoms with van der Waals surface area (Å²) < 4.78 is 12.8. The highest BCUT2D eigenvalue weighted by molar-refractivity contribution is 6.05. The highest BCUT2D eigenvalue weighted by atomic mass is 16.5. The van der Waals surface area contributed by atoms with Crippen LogP contribution in [-0.4, -0.2) is 84.8 Å². The Hall–Kier alpha value is -4.45. The molecule has 4 amide bonds. The number of carbonyl (C=O) groups excluding carboxylic acids is 4. The van der Waals surface area contributed by atoms with Gasteiger partial charge in [0.05, 0.1) is 17.5 Å². The molecule has 3 heterocycles. The van der Waals surface area contributed by atoms with E-state index in [1.807, 2.05) is 42.5 Å². The minimum Gasteiger partial charge on any atom is -0.484 e. The Labute approximate surface area is 256 Å². The molecule has 2 aliphatic rings. The number of nitrogens with two attached hydrogens (primary N) is 1. The molecular weight excluding hydrogens is 564 g/mol. The quantitative estimate of drug-likeness (QED) is 0.361. The Balaban J connectivity index is 1.54. The molecule has 5 rings (SSSR count). The van der Waals surface area contributed by atoms with Crippen molar-refractivity contribution in [2.24, 2.45) is 17.1 Å². The van der Waals surface area contributed by atoms with Crippen LogP contribution in [0, 0.1) is 11.3 Å². The van der Waals surface area contributed by atoms with Crippen LogP contribution in [0.15, 0.2) is 48.5 Å². The summed E-state index contributed by atoms with van der Waals surface area (Å²) in [4.78, 5) is 54.7. The third kappa shape index (κ3) is 7.02. The summed E-state index contributed by atoms with van der Waals surface area (Å²) in [6.45, 7) is 1.67. The van der Waals surface area contributed by atoms with E-state index >= 15 is 0 Å². The van der Waals surface area contributed by atoms with Gasteiger partial charge in [0.2, 0.25) is 11.8 Å². The molecule has 1 fully saturated rings. The maximum Gasteiger partial charge on any atom is 0.270 e. The average molecular weight is 605 g/mol. The van der Waals surface area contributed by atoms with Crippen LogP contribution in [0.2, 0.25) is 0 Å². The molecule has 3 aromatic rings. The van der Waals surface area contributed by atoms with Crippen LogP contribution in [0.4, 0.5) is 0 Å². The zero-order chi connectivity index (χ0) is 31.1. The lowest BCUT2D eigenvalue weighted by Crippen LogP contribution is -2.54. The van der Waals surface area contributed by atoms with Crippen molar-refractivity contribution in [3.63, 3.8) is 0 Å². The van der Waals surface area contributed by atoms with Crippen LogP contribution in [-0.2, 0) is 32.1 Å². The van der Waals surface area contributed by atoms with Crippen molar-refractivity contribution < 1.29 is 28.7 Å². The fraction of sp³-hybridized carbons (Fsp3) is 0.469. The first-order valence-corrected chi connectivity index (χ1v) is 15.1. The predicted octanol–water partition coefficient (Wildman–Crippen LogP) is 1.65. The highest BCUT2D eigenvalue weighted by Crippen LogP contribution is 2.34. The number of fused-ring (bicyclic) bond motifs is 5. The second-order valence-corrected chi connectivity index (χ2v) is 11.6. The summed E-state index contributed by atoms with van der Waals surface area (Å²) in [7, 11) is 1.62. The van der Waals surface area contributed by atoms with Crippen LogP contribution in [0.3, 0.4) is 0 Å². The number of carbonyl (C=O) groups is 4. The zero-order valence-corrected chi connectivity index (χ0v) is 25.0. The van der Waals surface area contributed by atoms with E-state index in [2.05, 4.69) is 15.7 Å². The smallest absolute Gasteiger partial charge is 0.270 e. The van der Waals surface area contributed by atoms with Crippen LogP contribution in [0.5, 0.6) is 5.75 Å². The van der Waals surface area contributed by atoms with Crippen molar-refractivity contribution in [2.45, 2.75) is 38.6 Å². The predicted molar refractivity (Wildman–Crippen MR) is 163 cm³/mol. The number of nitrogens with one attached hydrogen (secondary N) is 2. The van der Waals surface area contributed by atoms with E-state index in [-0.39, 0.29) is 55.8 Å². The number of nitrogens with zero attached hydrogens (tertiary/aromatic N) is 3. The summed E-state index contributed by atoms with van der Waals surface area (Å²) >= 11 is 0. The monoisotopic (exact) mass is 604 g/mol. The average Bonchev–Trinajstić information content (AvgIpc) is 3.40. The Morgan fingerprint density at radius 2 is 1.89 bits per heavy atom. The van der Waals surface area contributed by atoms with E-state index in [1.165, 1.54) is 0 Å². The second kappa shape index (κ2) is 13.9. The molecule has 12 heteroatoms. The van der Waals surface area contributed by atoms with Crippen molar-refractivity contribution in [1.82, 2.24) is 25.3 Å². The molecular formula is C32H40N6O6. The maximum absolute atomic E-state index is 14.6. The fourth-order valence-electron chi connectivity index (χ4n) is 6.21. The number of ether oxygens (including phenoxy) is 2. The molecule has 0 aliphatic carbocycles. The van der Waals surface area contributed by atoms with Gasteiger partial charge in [0.1, 0.15) is 11.4 Å². The van der Waals surface area contributed by atoms with Crippen LogP contribution in [0.1, 0.15) is 41.7 Å². The molecule has 2 aromatic carbocycles. The van der Waals surface area contributed by atoms with Gasteiger partial charge in [0, 0.05) is 51.2 Å².